The number of hydrogen-bond donors (Lipinski definition) is 0. The van der Waals surface area contributed by atoms with E-state index in [-0.39, 0.29) is 5.91 Å². The lowest BCUT2D eigenvalue weighted by molar-refractivity contribution is -0.130. The van der Waals surface area contributed by atoms with Gasteiger partial charge in [0.2, 0.25) is 5.91 Å². The molecule has 1 aliphatic rings. The predicted molar refractivity (Wildman–Crippen MR) is 101 cm³/mol. The molecule has 0 spiro atoms. The highest BCUT2D eigenvalue weighted by Gasteiger charge is 2.22. The van der Waals surface area contributed by atoms with E-state index in [9.17, 15) is 4.79 Å². The van der Waals surface area contributed by atoms with Crippen LogP contribution < -0.4 is 4.90 Å². The maximum atomic E-state index is 12.5. The lowest BCUT2D eigenvalue weighted by Crippen LogP contribution is -2.49. The molecule has 3 aromatic rings. The van der Waals surface area contributed by atoms with Gasteiger partial charge >= 0.3 is 0 Å². The van der Waals surface area contributed by atoms with Gasteiger partial charge in [0.05, 0.1) is 6.42 Å². The molecule has 1 aromatic carbocycles. The number of anilines is 1. The van der Waals surface area contributed by atoms with Gasteiger partial charge in [0.1, 0.15) is 24.8 Å². The molecule has 2 aromatic heterocycles. The highest BCUT2D eigenvalue weighted by atomic mass is 35.5. The average molecular weight is 384 g/mol. The SMILES string of the molecule is O=C(Cc1ccc(Cl)cc1)N1CCN(c2cc(-n3cncn3)ncn2)CC1. The van der Waals surface area contributed by atoms with Gasteiger partial charge in [0, 0.05) is 37.3 Å². The van der Waals surface area contributed by atoms with Crippen molar-refractivity contribution in [2.75, 3.05) is 31.1 Å². The molecule has 1 aliphatic heterocycles. The van der Waals surface area contributed by atoms with Crippen molar-refractivity contribution in [3.05, 3.63) is 59.9 Å². The van der Waals surface area contributed by atoms with Crippen LogP contribution in [-0.4, -0.2) is 61.7 Å². The highest BCUT2D eigenvalue weighted by molar-refractivity contribution is 6.30. The Hall–Kier alpha value is -3.00. The minimum atomic E-state index is 0.128. The van der Waals surface area contributed by atoms with Gasteiger partial charge in [-0.25, -0.2) is 19.6 Å². The van der Waals surface area contributed by atoms with E-state index in [1.165, 1.54) is 12.7 Å². The van der Waals surface area contributed by atoms with Gasteiger partial charge in [-0.2, -0.15) is 5.10 Å². The fourth-order valence-electron chi connectivity index (χ4n) is 3.04. The Kier molecular flexibility index (Phi) is 4.97. The molecule has 1 amide bonds. The second-order valence-electron chi connectivity index (χ2n) is 6.25. The lowest BCUT2D eigenvalue weighted by atomic mass is 10.1. The van der Waals surface area contributed by atoms with Gasteiger partial charge < -0.3 is 9.80 Å². The number of halogens is 1. The standard InChI is InChI=1S/C18H18ClN7O/c19-15-3-1-14(2-4-15)9-18(27)25-7-5-24(6-8-25)16-10-17(22-12-21-16)26-13-20-11-23-26/h1-4,10-13H,5-9H2. The van der Waals surface area contributed by atoms with Crippen LogP contribution in [0.3, 0.4) is 0 Å². The van der Waals surface area contributed by atoms with Gasteiger partial charge in [0.15, 0.2) is 5.82 Å². The second kappa shape index (κ2) is 7.71. The van der Waals surface area contributed by atoms with Crippen molar-refractivity contribution in [2.24, 2.45) is 0 Å². The maximum Gasteiger partial charge on any atom is 0.227 e. The number of benzene rings is 1. The van der Waals surface area contributed by atoms with Crippen LogP contribution in [0.25, 0.3) is 5.82 Å². The third-order valence-corrected chi connectivity index (χ3v) is 4.77. The number of aromatic nitrogens is 5. The van der Waals surface area contributed by atoms with Crippen LogP contribution in [0, 0.1) is 0 Å². The van der Waals surface area contributed by atoms with E-state index in [0.717, 1.165) is 24.5 Å². The molecule has 0 N–H and O–H groups in total. The molecule has 4 rings (SSSR count). The third-order valence-electron chi connectivity index (χ3n) is 4.52. The second-order valence-corrected chi connectivity index (χ2v) is 6.68. The smallest absolute Gasteiger partial charge is 0.227 e. The number of hydrogen-bond acceptors (Lipinski definition) is 6. The van der Waals surface area contributed by atoms with Crippen LogP contribution in [-0.2, 0) is 11.2 Å². The van der Waals surface area contributed by atoms with Crippen LogP contribution in [0.5, 0.6) is 0 Å². The Balaban J connectivity index is 1.37. The summed E-state index contributed by atoms with van der Waals surface area (Å²) in [7, 11) is 0. The molecule has 9 heteroatoms. The molecule has 0 atom stereocenters. The van der Waals surface area contributed by atoms with Crippen molar-refractivity contribution in [1.82, 2.24) is 29.6 Å². The minimum Gasteiger partial charge on any atom is -0.353 e. The fraction of sp³-hybridized carbons (Fsp3) is 0.278. The zero-order valence-electron chi connectivity index (χ0n) is 14.6. The van der Waals surface area contributed by atoms with Gasteiger partial charge in [-0.1, -0.05) is 23.7 Å². The summed E-state index contributed by atoms with van der Waals surface area (Å²) in [4.78, 5) is 29.1. The molecule has 0 bridgehead atoms. The van der Waals surface area contributed by atoms with Crippen LogP contribution in [0.15, 0.2) is 49.3 Å². The molecule has 138 valence electrons. The molecule has 27 heavy (non-hydrogen) atoms. The first-order chi connectivity index (χ1) is 13.2. The summed E-state index contributed by atoms with van der Waals surface area (Å²) in [5, 5.41) is 4.76. The monoisotopic (exact) mass is 383 g/mol. The Labute approximate surface area is 161 Å². The molecule has 3 heterocycles. The molecule has 1 saturated heterocycles. The van der Waals surface area contributed by atoms with E-state index >= 15 is 0 Å². The summed E-state index contributed by atoms with van der Waals surface area (Å²) in [6.45, 7) is 2.77. The highest BCUT2D eigenvalue weighted by Crippen LogP contribution is 2.16. The predicted octanol–water partition coefficient (Wildman–Crippen LogP) is 1.60. The van der Waals surface area contributed by atoms with Crippen molar-refractivity contribution < 1.29 is 4.79 Å². The van der Waals surface area contributed by atoms with Crippen LogP contribution in [0.2, 0.25) is 5.02 Å². The van der Waals surface area contributed by atoms with E-state index in [2.05, 4.69) is 25.0 Å². The number of rotatable bonds is 4. The van der Waals surface area contributed by atoms with Crippen molar-refractivity contribution >= 4 is 23.3 Å². The molecular formula is C18H18ClN7O. The van der Waals surface area contributed by atoms with Crippen LogP contribution in [0.4, 0.5) is 5.82 Å². The molecule has 0 aliphatic carbocycles. The summed E-state index contributed by atoms with van der Waals surface area (Å²) in [5.41, 5.74) is 0.972. The molecule has 0 radical (unpaired) electrons. The summed E-state index contributed by atoms with van der Waals surface area (Å²) < 4.78 is 1.59. The number of amides is 1. The Bertz CT molecular complexity index is 906. The van der Waals surface area contributed by atoms with Gasteiger partial charge in [-0.15, -0.1) is 0 Å². The third kappa shape index (κ3) is 4.06. The average Bonchev–Trinajstić information content (AvgIpc) is 3.25. The number of nitrogens with zero attached hydrogens (tertiary/aromatic N) is 7. The zero-order chi connectivity index (χ0) is 18.6. The Morgan fingerprint density at radius 1 is 1.00 bits per heavy atom. The summed E-state index contributed by atoms with van der Waals surface area (Å²) in [6.07, 6.45) is 4.97. The first kappa shape index (κ1) is 17.4. The number of piperazine rings is 1. The molecular weight excluding hydrogens is 366 g/mol. The van der Waals surface area contributed by atoms with Crippen molar-refractivity contribution in [2.45, 2.75) is 6.42 Å². The first-order valence-corrected chi connectivity index (χ1v) is 9.01. The molecule has 0 saturated carbocycles. The van der Waals surface area contributed by atoms with Crippen LogP contribution >= 0.6 is 11.6 Å². The fourth-order valence-corrected chi connectivity index (χ4v) is 3.16. The van der Waals surface area contributed by atoms with Gasteiger partial charge in [0.25, 0.3) is 0 Å². The van der Waals surface area contributed by atoms with Gasteiger partial charge in [-0.05, 0) is 17.7 Å². The minimum absolute atomic E-state index is 0.128. The van der Waals surface area contributed by atoms with E-state index in [1.807, 2.05) is 35.2 Å². The number of carbonyl (C=O) groups excluding carboxylic acids is 1. The lowest BCUT2D eigenvalue weighted by Gasteiger charge is -2.35. The molecule has 1 fully saturated rings. The first-order valence-electron chi connectivity index (χ1n) is 8.63. The van der Waals surface area contributed by atoms with Crippen molar-refractivity contribution in [1.29, 1.82) is 0 Å². The molecule has 0 unspecified atom stereocenters. The summed E-state index contributed by atoms with van der Waals surface area (Å²) in [6, 6.07) is 9.28. The Morgan fingerprint density at radius 2 is 1.74 bits per heavy atom. The Morgan fingerprint density at radius 3 is 2.44 bits per heavy atom. The topological polar surface area (TPSA) is 80.0 Å². The largest absolute Gasteiger partial charge is 0.353 e. The quantitative estimate of drug-likeness (QED) is 0.680. The summed E-state index contributed by atoms with van der Waals surface area (Å²) in [5.74, 6) is 1.61. The zero-order valence-corrected chi connectivity index (χ0v) is 15.3. The van der Waals surface area contributed by atoms with Crippen molar-refractivity contribution in [3.8, 4) is 5.82 Å². The van der Waals surface area contributed by atoms with Crippen molar-refractivity contribution in [3.63, 3.8) is 0 Å². The van der Waals surface area contributed by atoms with E-state index in [4.69, 9.17) is 11.6 Å². The molecule has 8 nitrogen and oxygen atoms in total. The number of carbonyl (C=O) groups is 1. The summed E-state index contributed by atoms with van der Waals surface area (Å²) >= 11 is 5.89. The van der Waals surface area contributed by atoms with Crippen LogP contribution in [0.1, 0.15) is 5.56 Å². The maximum absolute atomic E-state index is 12.5. The van der Waals surface area contributed by atoms with E-state index in [1.54, 1.807) is 11.0 Å². The van der Waals surface area contributed by atoms with Gasteiger partial charge in [-0.3, -0.25) is 4.79 Å². The normalized spacial score (nSPS) is 14.4. The van der Waals surface area contributed by atoms with E-state index < -0.39 is 0 Å². The van der Waals surface area contributed by atoms with E-state index in [0.29, 0.717) is 30.4 Å².